The van der Waals surface area contributed by atoms with Crippen LogP contribution in [-0.4, -0.2) is 23.9 Å². The van der Waals surface area contributed by atoms with E-state index in [2.05, 4.69) is 10.3 Å². The van der Waals surface area contributed by atoms with Gasteiger partial charge in [-0.2, -0.15) is 8.42 Å². The van der Waals surface area contributed by atoms with Crippen LogP contribution in [0.2, 0.25) is 0 Å². The van der Waals surface area contributed by atoms with Crippen LogP contribution in [-0.2, 0) is 34.4 Å². The summed E-state index contributed by atoms with van der Waals surface area (Å²) in [7, 11) is -4.38. The number of amides is 1. The summed E-state index contributed by atoms with van der Waals surface area (Å²) >= 11 is 1.44. The molecule has 0 spiro atoms. The second-order valence-corrected chi connectivity index (χ2v) is 10.9. The van der Waals surface area contributed by atoms with Gasteiger partial charge < -0.3 is 5.32 Å². The molecular formula is C28H28FN3O4S2. The summed E-state index contributed by atoms with van der Waals surface area (Å²) < 4.78 is 48.1. The molecule has 3 aromatic carbocycles. The molecule has 0 saturated carbocycles. The van der Waals surface area contributed by atoms with Crippen LogP contribution in [0.4, 0.5) is 10.1 Å². The standard InChI is InChI=1S/C28H28FN3O4S2/c1-2-21-18-37-28(30-21)26(17-20-12-14-22(15-13-20)32-38(34,35)36)31-27(33)24(16-19-8-4-3-5-9-19)23-10-6-7-11-25(23)29/h3-15,18,24,26,32H,2,16-17H2,1H3,(H,31,33)(H,34,35,36)/t24?,26-/m0/s1. The Morgan fingerprint density at radius 3 is 2.26 bits per heavy atom. The number of hydrogen-bond donors (Lipinski definition) is 3. The van der Waals surface area contributed by atoms with Gasteiger partial charge in [0.2, 0.25) is 5.91 Å². The highest BCUT2D eigenvalue weighted by Gasteiger charge is 2.28. The molecule has 0 aliphatic rings. The molecule has 2 atom stereocenters. The molecule has 0 bridgehead atoms. The molecule has 0 aliphatic carbocycles. The maximum atomic E-state index is 14.9. The number of benzene rings is 3. The molecule has 0 fully saturated rings. The Bertz CT molecular complexity index is 1480. The smallest absolute Gasteiger partial charge is 0.346 e. The largest absolute Gasteiger partial charge is 0.357 e. The van der Waals surface area contributed by atoms with Crippen LogP contribution in [0.5, 0.6) is 0 Å². The van der Waals surface area contributed by atoms with Crippen molar-refractivity contribution in [2.45, 2.75) is 38.1 Å². The number of nitrogens with one attached hydrogen (secondary N) is 2. The number of thiazole rings is 1. The lowest BCUT2D eigenvalue weighted by molar-refractivity contribution is -0.123. The van der Waals surface area contributed by atoms with Crippen LogP contribution in [0.15, 0.2) is 84.2 Å². The molecule has 0 radical (unpaired) electrons. The summed E-state index contributed by atoms with van der Waals surface area (Å²) in [6.07, 6.45) is 1.46. The summed E-state index contributed by atoms with van der Waals surface area (Å²) in [5.74, 6) is -1.51. The van der Waals surface area contributed by atoms with E-state index >= 15 is 0 Å². The number of anilines is 1. The Kier molecular flexibility index (Phi) is 8.88. The number of aryl methyl sites for hydroxylation is 1. The van der Waals surface area contributed by atoms with E-state index in [-0.39, 0.29) is 11.6 Å². The Labute approximate surface area is 225 Å². The fourth-order valence-corrected chi connectivity index (χ4v) is 5.55. The summed E-state index contributed by atoms with van der Waals surface area (Å²) in [6.45, 7) is 2.00. The van der Waals surface area contributed by atoms with Crippen molar-refractivity contribution >= 4 is 33.2 Å². The number of hydrogen-bond acceptors (Lipinski definition) is 5. The summed E-state index contributed by atoms with van der Waals surface area (Å²) in [6, 6.07) is 21.8. The molecule has 7 nitrogen and oxygen atoms in total. The van der Waals surface area contributed by atoms with Crippen molar-refractivity contribution in [2.24, 2.45) is 0 Å². The molecule has 38 heavy (non-hydrogen) atoms. The number of nitrogens with zero attached hydrogens (tertiary/aromatic N) is 1. The zero-order valence-corrected chi connectivity index (χ0v) is 22.3. The maximum Gasteiger partial charge on any atom is 0.357 e. The van der Waals surface area contributed by atoms with Crippen molar-refractivity contribution < 1.29 is 22.2 Å². The van der Waals surface area contributed by atoms with E-state index in [9.17, 15) is 17.6 Å². The zero-order valence-electron chi connectivity index (χ0n) is 20.7. The van der Waals surface area contributed by atoms with Gasteiger partial charge in [0, 0.05) is 10.9 Å². The van der Waals surface area contributed by atoms with Gasteiger partial charge in [-0.05, 0) is 48.6 Å². The van der Waals surface area contributed by atoms with E-state index < -0.39 is 28.1 Å². The lowest BCUT2D eigenvalue weighted by Gasteiger charge is -2.23. The third-order valence-electron chi connectivity index (χ3n) is 6.07. The molecule has 1 amide bonds. The highest BCUT2D eigenvalue weighted by molar-refractivity contribution is 7.87. The Morgan fingerprint density at radius 1 is 0.974 bits per heavy atom. The van der Waals surface area contributed by atoms with Crippen LogP contribution >= 0.6 is 11.3 Å². The minimum atomic E-state index is -4.38. The number of carbonyl (C=O) groups excluding carboxylic acids is 1. The Balaban J connectivity index is 1.62. The van der Waals surface area contributed by atoms with Crippen molar-refractivity contribution in [2.75, 3.05) is 4.72 Å². The van der Waals surface area contributed by atoms with Gasteiger partial charge in [-0.1, -0.05) is 67.6 Å². The molecule has 3 N–H and O–H groups in total. The van der Waals surface area contributed by atoms with Gasteiger partial charge in [-0.3, -0.25) is 14.1 Å². The van der Waals surface area contributed by atoms with Crippen molar-refractivity contribution in [1.29, 1.82) is 0 Å². The van der Waals surface area contributed by atoms with E-state index in [1.54, 1.807) is 30.3 Å². The average molecular weight is 554 g/mol. The number of carbonyl (C=O) groups is 1. The third-order valence-corrected chi connectivity index (χ3v) is 7.57. The first-order valence-corrected chi connectivity index (χ1v) is 14.4. The molecule has 0 saturated heterocycles. The predicted octanol–water partition coefficient (Wildman–Crippen LogP) is 5.49. The quantitative estimate of drug-likeness (QED) is 0.213. The van der Waals surface area contributed by atoms with E-state index in [1.807, 2.05) is 47.4 Å². The first-order chi connectivity index (χ1) is 18.2. The van der Waals surface area contributed by atoms with Crippen molar-refractivity contribution in [3.63, 3.8) is 0 Å². The highest BCUT2D eigenvalue weighted by atomic mass is 32.2. The first-order valence-electron chi connectivity index (χ1n) is 12.1. The second kappa shape index (κ2) is 12.3. The number of aromatic nitrogens is 1. The van der Waals surface area contributed by atoms with Crippen LogP contribution in [0.25, 0.3) is 0 Å². The SMILES string of the molecule is CCc1csc([C@H](Cc2ccc(NS(=O)(=O)O)cc2)NC(=O)C(Cc2ccccc2)c2ccccc2F)n1. The minimum absolute atomic E-state index is 0.210. The first kappa shape index (κ1) is 27.4. The molecule has 1 heterocycles. The van der Waals surface area contributed by atoms with E-state index in [1.165, 1.54) is 29.5 Å². The van der Waals surface area contributed by atoms with Crippen LogP contribution in [0, 0.1) is 5.82 Å². The van der Waals surface area contributed by atoms with E-state index in [0.29, 0.717) is 18.4 Å². The Hall–Kier alpha value is -3.60. The molecular weight excluding hydrogens is 525 g/mol. The van der Waals surface area contributed by atoms with Gasteiger partial charge in [-0.25, -0.2) is 9.37 Å². The predicted molar refractivity (Wildman–Crippen MR) is 147 cm³/mol. The minimum Gasteiger partial charge on any atom is -0.346 e. The van der Waals surface area contributed by atoms with Crippen molar-refractivity contribution in [3.8, 4) is 0 Å². The topological polar surface area (TPSA) is 108 Å². The molecule has 0 aliphatic heterocycles. The van der Waals surface area contributed by atoms with E-state index in [0.717, 1.165) is 28.2 Å². The van der Waals surface area contributed by atoms with Gasteiger partial charge in [0.25, 0.3) is 0 Å². The fourth-order valence-electron chi connectivity index (χ4n) is 4.16. The third kappa shape index (κ3) is 7.47. The monoisotopic (exact) mass is 553 g/mol. The average Bonchev–Trinajstić information content (AvgIpc) is 3.38. The number of rotatable bonds is 11. The summed E-state index contributed by atoms with van der Waals surface area (Å²) in [5, 5.41) is 5.78. The second-order valence-electron chi connectivity index (χ2n) is 8.83. The molecule has 4 aromatic rings. The summed E-state index contributed by atoms with van der Waals surface area (Å²) in [5.41, 5.74) is 3.17. The van der Waals surface area contributed by atoms with Gasteiger partial charge in [0.05, 0.1) is 23.3 Å². The van der Waals surface area contributed by atoms with Gasteiger partial charge in [0.15, 0.2) is 0 Å². The number of halogens is 1. The van der Waals surface area contributed by atoms with Crippen molar-refractivity contribution in [3.05, 3.63) is 117 Å². The summed E-state index contributed by atoms with van der Waals surface area (Å²) in [4.78, 5) is 18.4. The van der Waals surface area contributed by atoms with Gasteiger partial charge >= 0.3 is 10.3 Å². The zero-order chi connectivity index (χ0) is 27.1. The molecule has 4 rings (SSSR count). The fraction of sp³-hybridized carbons (Fsp3) is 0.214. The van der Waals surface area contributed by atoms with Crippen molar-refractivity contribution in [1.82, 2.24) is 10.3 Å². The molecule has 198 valence electrons. The molecule has 1 aromatic heterocycles. The molecule has 10 heteroatoms. The molecule has 1 unspecified atom stereocenters. The Morgan fingerprint density at radius 2 is 1.63 bits per heavy atom. The van der Waals surface area contributed by atoms with E-state index in [4.69, 9.17) is 4.55 Å². The highest BCUT2D eigenvalue weighted by Crippen LogP contribution is 2.28. The van der Waals surface area contributed by atoms with Crippen LogP contribution in [0.1, 0.15) is 46.3 Å². The van der Waals surface area contributed by atoms with Gasteiger partial charge in [0.1, 0.15) is 10.8 Å². The maximum absolute atomic E-state index is 14.9. The van der Waals surface area contributed by atoms with Gasteiger partial charge in [-0.15, -0.1) is 11.3 Å². The van der Waals surface area contributed by atoms with Crippen LogP contribution in [0.3, 0.4) is 0 Å². The lowest BCUT2D eigenvalue weighted by Crippen LogP contribution is -2.35. The normalized spacial score (nSPS) is 13.0. The van der Waals surface area contributed by atoms with Crippen LogP contribution < -0.4 is 10.0 Å². The lowest BCUT2D eigenvalue weighted by atomic mass is 9.90.